The normalized spacial score (nSPS) is 11.6. The Balaban J connectivity index is 2.30. The van der Waals surface area contributed by atoms with Crippen LogP contribution in [0, 0.1) is 6.92 Å². The summed E-state index contributed by atoms with van der Waals surface area (Å²) in [5.74, 6) is 0. The summed E-state index contributed by atoms with van der Waals surface area (Å²) in [5, 5.41) is 4.89. The second-order valence-corrected chi connectivity index (χ2v) is 5.00. The quantitative estimate of drug-likeness (QED) is 0.854. The summed E-state index contributed by atoms with van der Waals surface area (Å²) in [6.45, 7) is 7.64. The van der Waals surface area contributed by atoms with E-state index in [9.17, 15) is 0 Å². The van der Waals surface area contributed by atoms with Crippen LogP contribution in [-0.2, 0) is 13.5 Å². The number of nitrogens with one attached hydrogen (secondary N) is 1. The predicted molar refractivity (Wildman–Crippen MR) is 74.5 cm³/mol. The van der Waals surface area contributed by atoms with Gasteiger partial charge >= 0.3 is 0 Å². The van der Waals surface area contributed by atoms with Crippen LogP contribution >= 0.6 is 0 Å². The SMILES string of the molecule is Cc1c(CCNC(C)C)c2ccccc2n1C. The molecule has 2 rings (SSSR count). The fourth-order valence-electron chi connectivity index (χ4n) is 2.40. The maximum Gasteiger partial charge on any atom is 0.0482 e. The number of fused-ring (bicyclic) bond motifs is 1. The summed E-state index contributed by atoms with van der Waals surface area (Å²) in [6, 6.07) is 9.22. The van der Waals surface area contributed by atoms with Crippen molar-refractivity contribution in [2.45, 2.75) is 33.2 Å². The van der Waals surface area contributed by atoms with Crippen LogP contribution in [0.1, 0.15) is 25.1 Å². The number of aromatic nitrogens is 1. The van der Waals surface area contributed by atoms with Gasteiger partial charge in [-0.05, 0) is 31.5 Å². The van der Waals surface area contributed by atoms with E-state index in [0.29, 0.717) is 6.04 Å². The smallest absolute Gasteiger partial charge is 0.0482 e. The molecule has 1 aromatic heterocycles. The number of rotatable bonds is 4. The molecule has 0 amide bonds. The van der Waals surface area contributed by atoms with Crippen molar-refractivity contribution in [3.63, 3.8) is 0 Å². The summed E-state index contributed by atoms with van der Waals surface area (Å²) < 4.78 is 2.29. The number of hydrogen-bond acceptors (Lipinski definition) is 1. The van der Waals surface area contributed by atoms with E-state index in [2.05, 4.69) is 62.0 Å². The average Bonchev–Trinajstić information content (AvgIpc) is 2.54. The molecule has 0 spiro atoms. The molecule has 0 saturated heterocycles. The van der Waals surface area contributed by atoms with Gasteiger partial charge in [0.05, 0.1) is 0 Å². The van der Waals surface area contributed by atoms with Gasteiger partial charge in [-0.1, -0.05) is 32.0 Å². The first-order valence-corrected chi connectivity index (χ1v) is 6.37. The summed E-state index contributed by atoms with van der Waals surface area (Å²) >= 11 is 0. The minimum absolute atomic E-state index is 0.560. The molecule has 0 aliphatic rings. The van der Waals surface area contributed by atoms with Gasteiger partial charge in [0.1, 0.15) is 0 Å². The van der Waals surface area contributed by atoms with Gasteiger partial charge in [-0.15, -0.1) is 0 Å². The summed E-state index contributed by atoms with van der Waals surface area (Å²) in [4.78, 5) is 0. The van der Waals surface area contributed by atoms with Gasteiger partial charge in [-0.2, -0.15) is 0 Å². The van der Waals surface area contributed by atoms with Crippen LogP contribution in [0.5, 0.6) is 0 Å². The van der Waals surface area contributed by atoms with E-state index in [1.165, 1.54) is 22.2 Å². The number of hydrogen-bond donors (Lipinski definition) is 1. The van der Waals surface area contributed by atoms with Crippen molar-refractivity contribution in [2.24, 2.45) is 7.05 Å². The maximum atomic E-state index is 3.49. The van der Waals surface area contributed by atoms with Crippen LogP contribution in [0.3, 0.4) is 0 Å². The predicted octanol–water partition coefficient (Wildman–Crippen LogP) is 3.03. The van der Waals surface area contributed by atoms with Crippen molar-refractivity contribution in [2.75, 3.05) is 6.54 Å². The third-order valence-electron chi connectivity index (χ3n) is 3.46. The van der Waals surface area contributed by atoms with Crippen molar-refractivity contribution in [1.29, 1.82) is 0 Å². The minimum Gasteiger partial charge on any atom is -0.348 e. The first kappa shape index (κ1) is 12.2. The van der Waals surface area contributed by atoms with Gasteiger partial charge in [-0.3, -0.25) is 0 Å². The molecule has 0 bridgehead atoms. The number of nitrogens with zero attached hydrogens (tertiary/aromatic N) is 1. The lowest BCUT2D eigenvalue weighted by molar-refractivity contribution is 0.590. The molecular formula is C15H22N2. The summed E-state index contributed by atoms with van der Waals surface area (Å²) in [6.07, 6.45) is 1.10. The Hall–Kier alpha value is -1.28. The van der Waals surface area contributed by atoms with Gasteiger partial charge in [0, 0.05) is 29.7 Å². The van der Waals surface area contributed by atoms with Crippen molar-refractivity contribution in [3.05, 3.63) is 35.5 Å². The first-order chi connectivity index (χ1) is 8.11. The Morgan fingerprint density at radius 1 is 1.24 bits per heavy atom. The summed E-state index contributed by atoms with van der Waals surface area (Å²) in [7, 11) is 2.15. The molecule has 0 aliphatic carbocycles. The Kier molecular flexibility index (Phi) is 3.53. The third-order valence-corrected chi connectivity index (χ3v) is 3.46. The Morgan fingerprint density at radius 3 is 2.65 bits per heavy atom. The Morgan fingerprint density at radius 2 is 1.94 bits per heavy atom. The highest BCUT2D eigenvalue weighted by Crippen LogP contribution is 2.24. The van der Waals surface area contributed by atoms with Crippen molar-refractivity contribution >= 4 is 10.9 Å². The highest BCUT2D eigenvalue weighted by Gasteiger charge is 2.10. The summed E-state index contributed by atoms with van der Waals surface area (Å²) in [5.41, 5.74) is 4.21. The number of aryl methyl sites for hydroxylation is 1. The van der Waals surface area contributed by atoms with Gasteiger partial charge in [-0.25, -0.2) is 0 Å². The lowest BCUT2D eigenvalue weighted by atomic mass is 10.1. The molecule has 0 aliphatic heterocycles. The van der Waals surface area contributed by atoms with Gasteiger partial charge in [0.15, 0.2) is 0 Å². The van der Waals surface area contributed by atoms with Crippen LogP contribution in [0.15, 0.2) is 24.3 Å². The van der Waals surface area contributed by atoms with Crippen LogP contribution in [0.2, 0.25) is 0 Å². The van der Waals surface area contributed by atoms with E-state index < -0.39 is 0 Å². The molecular weight excluding hydrogens is 208 g/mol. The fourth-order valence-corrected chi connectivity index (χ4v) is 2.40. The third kappa shape index (κ3) is 2.37. The zero-order valence-corrected chi connectivity index (χ0v) is 11.2. The van der Waals surface area contributed by atoms with E-state index in [0.717, 1.165) is 13.0 Å². The van der Waals surface area contributed by atoms with Crippen molar-refractivity contribution < 1.29 is 0 Å². The van der Waals surface area contributed by atoms with Gasteiger partial charge in [0.2, 0.25) is 0 Å². The van der Waals surface area contributed by atoms with E-state index in [-0.39, 0.29) is 0 Å². The second-order valence-electron chi connectivity index (χ2n) is 5.00. The lowest BCUT2D eigenvalue weighted by Crippen LogP contribution is -2.25. The van der Waals surface area contributed by atoms with Crippen LogP contribution in [-0.4, -0.2) is 17.2 Å². The van der Waals surface area contributed by atoms with Crippen LogP contribution in [0.4, 0.5) is 0 Å². The Bertz CT molecular complexity index is 509. The Labute approximate surface area is 104 Å². The number of benzene rings is 1. The average molecular weight is 230 g/mol. The van der Waals surface area contributed by atoms with Gasteiger partial charge < -0.3 is 9.88 Å². The fraction of sp³-hybridized carbons (Fsp3) is 0.467. The highest BCUT2D eigenvalue weighted by atomic mass is 14.9. The molecule has 2 aromatic rings. The first-order valence-electron chi connectivity index (χ1n) is 6.37. The number of para-hydroxylation sites is 1. The zero-order valence-electron chi connectivity index (χ0n) is 11.2. The molecule has 0 atom stereocenters. The molecule has 0 saturated carbocycles. The molecule has 2 heteroatoms. The maximum absolute atomic E-state index is 3.49. The molecule has 17 heavy (non-hydrogen) atoms. The molecule has 1 aromatic carbocycles. The van der Waals surface area contributed by atoms with Gasteiger partial charge in [0.25, 0.3) is 0 Å². The minimum atomic E-state index is 0.560. The van der Waals surface area contributed by atoms with E-state index in [4.69, 9.17) is 0 Å². The van der Waals surface area contributed by atoms with E-state index in [1.807, 2.05) is 0 Å². The van der Waals surface area contributed by atoms with Crippen LogP contribution < -0.4 is 5.32 Å². The standard InChI is InChI=1S/C15H22N2/c1-11(2)16-10-9-13-12(3)17(4)15-8-6-5-7-14(13)15/h5-8,11,16H,9-10H2,1-4H3. The molecule has 2 nitrogen and oxygen atoms in total. The zero-order chi connectivity index (χ0) is 12.4. The molecule has 1 heterocycles. The molecule has 1 N–H and O–H groups in total. The van der Waals surface area contributed by atoms with E-state index >= 15 is 0 Å². The van der Waals surface area contributed by atoms with Crippen molar-refractivity contribution in [1.82, 2.24) is 9.88 Å². The lowest BCUT2D eigenvalue weighted by Gasteiger charge is -2.08. The van der Waals surface area contributed by atoms with Crippen LogP contribution in [0.25, 0.3) is 10.9 Å². The largest absolute Gasteiger partial charge is 0.348 e. The molecule has 0 fully saturated rings. The monoisotopic (exact) mass is 230 g/mol. The topological polar surface area (TPSA) is 17.0 Å². The van der Waals surface area contributed by atoms with E-state index in [1.54, 1.807) is 0 Å². The highest BCUT2D eigenvalue weighted by molar-refractivity contribution is 5.85. The molecule has 0 radical (unpaired) electrons. The molecule has 0 unspecified atom stereocenters. The van der Waals surface area contributed by atoms with Crippen molar-refractivity contribution in [3.8, 4) is 0 Å². The molecule has 92 valence electrons. The second kappa shape index (κ2) is 4.92.